The molecule has 0 fully saturated rings. The van der Waals surface area contributed by atoms with Crippen molar-refractivity contribution in [2.24, 2.45) is 16.7 Å². The maximum Gasteiger partial charge on any atom is 0.352 e. The molecule has 0 spiro atoms. The Morgan fingerprint density at radius 2 is 1.79 bits per heavy atom. The molecule has 0 saturated carbocycles. The second-order valence-electron chi connectivity index (χ2n) is 6.40. The molecule has 0 heterocycles. The molecule has 2 aromatic carbocycles. The van der Waals surface area contributed by atoms with Gasteiger partial charge in [-0.2, -0.15) is 0 Å². The predicted octanol–water partition coefficient (Wildman–Crippen LogP) is 4.06. The summed E-state index contributed by atoms with van der Waals surface area (Å²) < 4.78 is 0.987. The van der Waals surface area contributed by atoms with E-state index in [1.165, 1.54) is 18.2 Å². The van der Waals surface area contributed by atoms with Gasteiger partial charge in [-0.3, -0.25) is 10.0 Å². The summed E-state index contributed by atoms with van der Waals surface area (Å²) >= 11 is 3.25. The highest BCUT2D eigenvalue weighted by atomic mass is 32.2. The van der Waals surface area contributed by atoms with E-state index in [0.717, 1.165) is 25.5 Å². The molecule has 0 unspecified atom stereocenters. The fourth-order valence-electron chi connectivity index (χ4n) is 2.53. The molecule has 0 saturated heterocycles. The maximum atomic E-state index is 12.2. The molecule has 0 bridgehead atoms. The van der Waals surface area contributed by atoms with Gasteiger partial charge in [0.1, 0.15) is 4.38 Å². The number of nitrogens with two attached hydrogens (primary N) is 2. The Morgan fingerprint density at radius 3 is 2.39 bits per heavy atom. The molecule has 2 aromatic rings. The number of anilines is 1. The van der Waals surface area contributed by atoms with Gasteiger partial charge in [-0.1, -0.05) is 53.7 Å². The second-order valence-corrected chi connectivity index (χ2v) is 8.41. The van der Waals surface area contributed by atoms with Crippen molar-refractivity contribution >= 4 is 39.6 Å². The number of hydrogen-bond acceptors (Lipinski definition) is 6. The van der Waals surface area contributed by atoms with Crippen LogP contribution in [0.15, 0.2) is 47.5 Å². The lowest BCUT2D eigenvalue weighted by atomic mass is 10.1. The van der Waals surface area contributed by atoms with Crippen molar-refractivity contribution in [3.63, 3.8) is 0 Å². The summed E-state index contributed by atoms with van der Waals surface area (Å²) in [6.45, 7) is 4.72. The van der Waals surface area contributed by atoms with Gasteiger partial charge >= 0.3 is 6.03 Å². The van der Waals surface area contributed by atoms with Gasteiger partial charge in [-0.15, -0.1) is 11.8 Å². The number of carbonyl (C=O) groups is 1. The number of thioether (sulfide) groups is 2. The molecule has 6 nitrogen and oxygen atoms in total. The van der Waals surface area contributed by atoms with E-state index in [0.29, 0.717) is 18.0 Å². The number of amides is 2. The summed E-state index contributed by atoms with van der Waals surface area (Å²) in [5.41, 5.74) is 5.12. The molecule has 0 aliphatic heterocycles. The van der Waals surface area contributed by atoms with Gasteiger partial charge in [0.05, 0.1) is 12.2 Å². The smallest absolute Gasteiger partial charge is 0.267 e. The number of aliphatic imine (C=N–C) groups is 1. The highest BCUT2D eigenvalue weighted by molar-refractivity contribution is 8.38. The average molecular weight is 418 g/mol. The van der Waals surface area contributed by atoms with Crippen LogP contribution in [-0.4, -0.2) is 28.7 Å². The fraction of sp³-hybridized carbons (Fsp3) is 0.300. The first-order valence-electron chi connectivity index (χ1n) is 8.76. The van der Waals surface area contributed by atoms with E-state index in [1.807, 2.05) is 31.4 Å². The third-order valence-corrected chi connectivity index (χ3v) is 6.32. The number of hydrazine groups is 2. The third-order valence-electron chi connectivity index (χ3n) is 4.18. The maximum absolute atomic E-state index is 12.2. The number of benzene rings is 2. The van der Waals surface area contributed by atoms with E-state index < -0.39 is 6.03 Å². The average Bonchev–Trinajstić information content (AvgIpc) is 2.68. The van der Waals surface area contributed by atoms with Crippen molar-refractivity contribution in [3.8, 4) is 0 Å². The van der Waals surface area contributed by atoms with Crippen LogP contribution in [0.25, 0.3) is 0 Å². The molecule has 0 aliphatic rings. The van der Waals surface area contributed by atoms with Crippen LogP contribution in [0.3, 0.4) is 0 Å². The van der Waals surface area contributed by atoms with Crippen LogP contribution in [-0.2, 0) is 12.3 Å². The molecule has 0 aromatic heterocycles. The Hall–Kier alpha value is -2.00. The van der Waals surface area contributed by atoms with E-state index in [9.17, 15) is 4.79 Å². The lowest BCUT2D eigenvalue weighted by Crippen LogP contribution is -2.49. The molecule has 2 amide bonds. The quantitative estimate of drug-likeness (QED) is 0.252. The lowest BCUT2D eigenvalue weighted by Gasteiger charge is -2.24. The molecule has 0 radical (unpaired) electrons. The van der Waals surface area contributed by atoms with Crippen molar-refractivity contribution in [1.29, 1.82) is 0 Å². The van der Waals surface area contributed by atoms with Crippen molar-refractivity contribution in [2.45, 2.75) is 26.1 Å². The number of nitrogens with zero attached hydrogens (tertiary/aromatic N) is 3. The van der Waals surface area contributed by atoms with Crippen molar-refractivity contribution in [3.05, 3.63) is 64.7 Å². The van der Waals surface area contributed by atoms with Crippen LogP contribution in [0.5, 0.6) is 0 Å². The first-order chi connectivity index (χ1) is 13.3. The third kappa shape index (κ3) is 6.00. The van der Waals surface area contributed by atoms with Gasteiger partial charge in [-0.05, 0) is 42.9 Å². The van der Waals surface area contributed by atoms with Gasteiger partial charge in [-0.25, -0.2) is 21.5 Å². The van der Waals surface area contributed by atoms with Gasteiger partial charge in [0.2, 0.25) is 0 Å². The zero-order valence-corrected chi connectivity index (χ0v) is 18.3. The Bertz CT molecular complexity index is 837. The van der Waals surface area contributed by atoms with Crippen LogP contribution in [0.1, 0.15) is 22.3 Å². The second kappa shape index (κ2) is 10.5. The zero-order chi connectivity index (χ0) is 20.7. The Balaban J connectivity index is 2.14. The Morgan fingerprint density at radius 1 is 1.11 bits per heavy atom. The van der Waals surface area contributed by atoms with E-state index >= 15 is 0 Å². The summed E-state index contributed by atoms with van der Waals surface area (Å²) in [6, 6.07) is 13.6. The van der Waals surface area contributed by atoms with Crippen molar-refractivity contribution < 1.29 is 4.79 Å². The molecule has 150 valence electrons. The molecule has 0 atom stereocenters. The zero-order valence-electron chi connectivity index (χ0n) is 16.7. The molecule has 28 heavy (non-hydrogen) atoms. The molecular weight excluding hydrogens is 390 g/mol. The predicted molar refractivity (Wildman–Crippen MR) is 122 cm³/mol. The van der Waals surface area contributed by atoms with Crippen molar-refractivity contribution in [1.82, 2.24) is 5.01 Å². The Labute approximate surface area is 175 Å². The molecule has 2 rings (SSSR count). The van der Waals surface area contributed by atoms with Gasteiger partial charge in [0, 0.05) is 12.8 Å². The van der Waals surface area contributed by atoms with Gasteiger partial charge < -0.3 is 0 Å². The van der Waals surface area contributed by atoms with Gasteiger partial charge in [0.15, 0.2) is 0 Å². The first kappa shape index (κ1) is 22.3. The van der Waals surface area contributed by atoms with E-state index in [2.05, 4.69) is 31.2 Å². The van der Waals surface area contributed by atoms with Crippen LogP contribution >= 0.6 is 23.5 Å². The Kier molecular flexibility index (Phi) is 8.37. The molecule has 0 aliphatic carbocycles. The van der Waals surface area contributed by atoms with Crippen LogP contribution < -0.4 is 16.7 Å². The van der Waals surface area contributed by atoms with E-state index in [-0.39, 0.29) is 0 Å². The summed E-state index contributed by atoms with van der Waals surface area (Å²) in [4.78, 5) is 16.9. The molecule has 8 heteroatoms. The summed E-state index contributed by atoms with van der Waals surface area (Å²) in [5, 5.41) is 2.06. The highest BCUT2D eigenvalue weighted by Crippen LogP contribution is 2.29. The minimum Gasteiger partial charge on any atom is -0.267 e. The first-order valence-corrected chi connectivity index (χ1v) is 11.0. The normalized spacial score (nSPS) is 11.4. The molecular formula is C20H27N5OS2. The van der Waals surface area contributed by atoms with Crippen LogP contribution in [0, 0.1) is 13.8 Å². The highest BCUT2D eigenvalue weighted by Gasteiger charge is 2.19. The van der Waals surface area contributed by atoms with Crippen LogP contribution in [0.4, 0.5) is 10.5 Å². The monoisotopic (exact) mass is 417 g/mol. The topological polar surface area (TPSA) is 88.0 Å². The lowest BCUT2D eigenvalue weighted by molar-refractivity contribution is 0.216. The SMILES string of the molecule is CSC(=NCc1ccc(C)cc1)SCc1c(C)cccc1N(N)C(=O)N(C)N. The van der Waals surface area contributed by atoms with Crippen molar-refractivity contribution in [2.75, 3.05) is 18.3 Å². The van der Waals surface area contributed by atoms with Gasteiger partial charge in [0.25, 0.3) is 0 Å². The standard InChI is InChI=1S/C20H27N5OS2/c1-14-8-10-16(11-9-14)12-23-19(27-4)28-13-17-15(2)6-5-7-18(17)25(22)20(26)24(3)21/h5-11H,12-13,21-22H2,1-4H3. The number of rotatable bonds is 5. The van der Waals surface area contributed by atoms with Crippen LogP contribution in [0.2, 0.25) is 0 Å². The number of aryl methyl sites for hydroxylation is 2. The number of hydrogen-bond donors (Lipinski definition) is 2. The minimum atomic E-state index is -0.477. The number of urea groups is 1. The largest absolute Gasteiger partial charge is 0.352 e. The molecule has 4 N–H and O–H groups in total. The summed E-state index contributed by atoms with van der Waals surface area (Å²) in [5.74, 6) is 12.2. The summed E-state index contributed by atoms with van der Waals surface area (Å²) in [7, 11) is 1.47. The summed E-state index contributed by atoms with van der Waals surface area (Å²) in [6.07, 6.45) is 2.02. The minimum absolute atomic E-state index is 0.477. The van der Waals surface area contributed by atoms with E-state index in [1.54, 1.807) is 23.5 Å². The van der Waals surface area contributed by atoms with E-state index in [4.69, 9.17) is 16.7 Å². The fourth-order valence-corrected chi connectivity index (χ4v) is 4.17. The number of carbonyl (C=O) groups excluding carboxylic acids is 1.